The Morgan fingerprint density at radius 2 is 2.07 bits per heavy atom. The SMILES string of the molecule is Nc1nccc2cc(NCc3ccc(O/C=C4/CCn5ccnc5C4)nc3)ccc12. The van der Waals surface area contributed by atoms with E-state index in [4.69, 9.17) is 10.5 Å². The number of pyridine rings is 2. The number of nitrogens with two attached hydrogens (primary N) is 1. The number of aryl methyl sites for hydroxylation is 1. The van der Waals surface area contributed by atoms with Gasteiger partial charge in [-0.1, -0.05) is 6.07 Å². The number of rotatable bonds is 5. The van der Waals surface area contributed by atoms with Crippen molar-refractivity contribution in [3.8, 4) is 5.88 Å². The highest BCUT2D eigenvalue weighted by molar-refractivity contribution is 5.92. The van der Waals surface area contributed by atoms with E-state index in [1.165, 1.54) is 5.57 Å². The van der Waals surface area contributed by atoms with Gasteiger partial charge in [-0.3, -0.25) is 0 Å². The molecule has 1 aliphatic rings. The Labute approximate surface area is 174 Å². The summed E-state index contributed by atoms with van der Waals surface area (Å²) in [5.41, 5.74) is 9.24. The molecule has 0 amide bonds. The molecule has 4 heterocycles. The molecule has 7 heteroatoms. The maximum atomic E-state index is 5.91. The van der Waals surface area contributed by atoms with Crippen molar-refractivity contribution in [1.29, 1.82) is 0 Å². The molecule has 0 atom stereocenters. The van der Waals surface area contributed by atoms with E-state index in [1.54, 1.807) is 6.20 Å². The van der Waals surface area contributed by atoms with Gasteiger partial charge in [-0.15, -0.1) is 0 Å². The first-order chi connectivity index (χ1) is 14.7. The zero-order chi connectivity index (χ0) is 20.3. The van der Waals surface area contributed by atoms with Crippen molar-refractivity contribution in [1.82, 2.24) is 19.5 Å². The molecule has 150 valence electrons. The van der Waals surface area contributed by atoms with E-state index in [1.807, 2.05) is 55.2 Å². The molecule has 30 heavy (non-hydrogen) atoms. The minimum atomic E-state index is 0.548. The number of ether oxygens (including phenoxy) is 1. The number of fused-ring (bicyclic) bond motifs is 2. The third-order valence-corrected chi connectivity index (χ3v) is 5.30. The van der Waals surface area contributed by atoms with Crippen LogP contribution in [0.15, 0.2) is 73.0 Å². The lowest BCUT2D eigenvalue weighted by Crippen LogP contribution is -2.12. The topological polar surface area (TPSA) is 90.9 Å². The predicted molar refractivity (Wildman–Crippen MR) is 117 cm³/mol. The molecule has 0 fully saturated rings. The van der Waals surface area contributed by atoms with Gasteiger partial charge in [-0.25, -0.2) is 15.0 Å². The molecular formula is C23H22N6O. The van der Waals surface area contributed by atoms with Crippen LogP contribution in [0.3, 0.4) is 0 Å². The average molecular weight is 398 g/mol. The highest BCUT2D eigenvalue weighted by Crippen LogP contribution is 2.23. The van der Waals surface area contributed by atoms with E-state index in [0.29, 0.717) is 18.2 Å². The van der Waals surface area contributed by atoms with Gasteiger partial charge >= 0.3 is 0 Å². The van der Waals surface area contributed by atoms with Crippen molar-refractivity contribution in [2.75, 3.05) is 11.1 Å². The lowest BCUT2D eigenvalue weighted by atomic mass is 10.1. The first-order valence-corrected chi connectivity index (χ1v) is 9.92. The van der Waals surface area contributed by atoms with Crippen molar-refractivity contribution >= 4 is 22.3 Å². The summed E-state index contributed by atoms with van der Waals surface area (Å²) in [4.78, 5) is 12.9. The number of nitrogens with zero attached hydrogens (tertiary/aromatic N) is 4. The van der Waals surface area contributed by atoms with Crippen molar-refractivity contribution in [3.63, 3.8) is 0 Å². The number of aromatic nitrogens is 4. The van der Waals surface area contributed by atoms with Gasteiger partial charge in [-0.2, -0.15) is 0 Å². The van der Waals surface area contributed by atoms with Gasteiger partial charge < -0.3 is 20.4 Å². The van der Waals surface area contributed by atoms with E-state index in [-0.39, 0.29) is 0 Å². The Morgan fingerprint density at radius 3 is 2.97 bits per heavy atom. The Balaban J connectivity index is 1.19. The maximum absolute atomic E-state index is 5.91. The molecule has 4 aromatic rings. The van der Waals surface area contributed by atoms with Crippen LogP contribution >= 0.6 is 0 Å². The molecule has 0 spiro atoms. The van der Waals surface area contributed by atoms with Crippen LogP contribution < -0.4 is 15.8 Å². The fraction of sp³-hybridized carbons (Fsp3) is 0.174. The molecule has 5 rings (SSSR count). The number of imidazole rings is 1. The standard InChI is InChI=1S/C23H22N6O/c24-23-20-3-2-19(12-18(20)5-7-26-23)27-13-17-1-4-22(28-14-17)30-15-16-6-9-29-10-8-25-21(29)11-16/h1-5,7-8,10,12,14-15,27H,6,9,11,13H2,(H2,24,26)/b16-15-. The van der Waals surface area contributed by atoms with Crippen LogP contribution in [0, 0.1) is 0 Å². The quantitative estimate of drug-likeness (QED) is 0.495. The lowest BCUT2D eigenvalue weighted by Gasteiger charge is -2.16. The lowest BCUT2D eigenvalue weighted by molar-refractivity contribution is 0.445. The van der Waals surface area contributed by atoms with E-state index >= 15 is 0 Å². The molecule has 0 saturated carbocycles. The Bertz CT molecular complexity index is 1210. The van der Waals surface area contributed by atoms with Crippen LogP contribution in [0.1, 0.15) is 17.8 Å². The molecule has 3 aromatic heterocycles. The summed E-state index contributed by atoms with van der Waals surface area (Å²) in [6.07, 6.45) is 11.0. The maximum Gasteiger partial charge on any atom is 0.218 e. The van der Waals surface area contributed by atoms with Crippen LogP contribution in [0.25, 0.3) is 10.8 Å². The highest BCUT2D eigenvalue weighted by atomic mass is 16.5. The molecular weight excluding hydrogens is 376 g/mol. The summed E-state index contributed by atoms with van der Waals surface area (Å²) in [5, 5.41) is 5.44. The number of allylic oxidation sites excluding steroid dienone is 1. The van der Waals surface area contributed by atoms with E-state index in [0.717, 1.165) is 47.2 Å². The van der Waals surface area contributed by atoms with Gasteiger partial charge in [0.1, 0.15) is 11.6 Å². The monoisotopic (exact) mass is 398 g/mol. The predicted octanol–water partition coefficient (Wildman–Crippen LogP) is 3.93. The van der Waals surface area contributed by atoms with Crippen molar-refractivity contribution in [3.05, 3.63) is 84.4 Å². The molecule has 0 unspecified atom stereocenters. The summed E-state index contributed by atoms with van der Waals surface area (Å²) in [6, 6.07) is 11.9. The minimum Gasteiger partial charge on any atom is -0.447 e. The van der Waals surface area contributed by atoms with Gasteiger partial charge in [0.05, 0.1) is 6.26 Å². The first kappa shape index (κ1) is 18.2. The second-order valence-corrected chi connectivity index (χ2v) is 7.35. The summed E-state index contributed by atoms with van der Waals surface area (Å²) in [6.45, 7) is 1.61. The molecule has 0 aliphatic carbocycles. The normalized spacial score (nSPS) is 14.6. The second kappa shape index (κ2) is 7.87. The fourth-order valence-corrected chi connectivity index (χ4v) is 3.61. The van der Waals surface area contributed by atoms with Gasteiger partial charge in [0.25, 0.3) is 0 Å². The molecule has 1 aliphatic heterocycles. The molecule has 3 N–H and O–H groups in total. The summed E-state index contributed by atoms with van der Waals surface area (Å²) in [5.74, 6) is 2.22. The highest BCUT2D eigenvalue weighted by Gasteiger charge is 2.13. The molecule has 0 radical (unpaired) electrons. The van der Waals surface area contributed by atoms with E-state index in [9.17, 15) is 0 Å². The smallest absolute Gasteiger partial charge is 0.218 e. The zero-order valence-corrected chi connectivity index (χ0v) is 16.5. The third-order valence-electron chi connectivity index (χ3n) is 5.30. The number of nitrogen functional groups attached to an aromatic ring is 1. The van der Waals surface area contributed by atoms with Gasteiger partial charge in [0.2, 0.25) is 5.88 Å². The van der Waals surface area contributed by atoms with Crippen LogP contribution in [-0.4, -0.2) is 19.5 Å². The van der Waals surface area contributed by atoms with Crippen molar-refractivity contribution < 1.29 is 4.74 Å². The zero-order valence-electron chi connectivity index (χ0n) is 16.5. The summed E-state index contributed by atoms with van der Waals surface area (Å²) in [7, 11) is 0. The fourth-order valence-electron chi connectivity index (χ4n) is 3.61. The van der Waals surface area contributed by atoms with E-state index in [2.05, 4.69) is 30.9 Å². The van der Waals surface area contributed by atoms with Gasteiger partial charge in [-0.05, 0) is 47.2 Å². The van der Waals surface area contributed by atoms with Crippen LogP contribution in [0.2, 0.25) is 0 Å². The number of anilines is 2. The third kappa shape index (κ3) is 3.82. The Morgan fingerprint density at radius 1 is 1.10 bits per heavy atom. The number of benzene rings is 1. The number of hydrogen-bond donors (Lipinski definition) is 2. The van der Waals surface area contributed by atoms with Crippen LogP contribution in [-0.2, 0) is 19.5 Å². The Hall–Kier alpha value is -3.87. The second-order valence-electron chi connectivity index (χ2n) is 7.35. The van der Waals surface area contributed by atoms with Gasteiger partial charge in [0.15, 0.2) is 0 Å². The largest absolute Gasteiger partial charge is 0.447 e. The summed E-state index contributed by atoms with van der Waals surface area (Å²) >= 11 is 0. The first-order valence-electron chi connectivity index (χ1n) is 9.92. The van der Waals surface area contributed by atoms with Crippen molar-refractivity contribution in [2.24, 2.45) is 0 Å². The molecule has 0 saturated heterocycles. The van der Waals surface area contributed by atoms with E-state index < -0.39 is 0 Å². The van der Waals surface area contributed by atoms with Crippen molar-refractivity contribution in [2.45, 2.75) is 25.9 Å². The number of hydrogen-bond acceptors (Lipinski definition) is 6. The minimum absolute atomic E-state index is 0.548. The van der Waals surface area contributed by atoms with Crippen LogP contribution in [0.5, 0.6) is 5.88 Å². The van der Waals surface area contributed by atoms with Crippen LogP contribution in [0.4, 0.5) is 11.5 Å². The van der Waals surface area contributed by atoms with Gasteiger partial charge in [0, 0.05) is 61.4 Å². The Kier molecular flexibility index (Phi) is 4.77. The molecule has 0 bridgehead atoms. The average Bonchev–Trinajstić information content (AvgIpc) is 3.25. The number of nitrogens with one attached hydrogen (secondary N) is 1. The summed E-state index contributed by atoms with van der Waals surface area (Å²) < 4.78 is 7.95. The molecule has 1 aromatic carbocycles. The molecule has 7 nitrogen and oxygen atoms in total.